The number of aromatic nitrogens is 1. The number of hydrogen-bond acceptors (Lipinski definition) is 11. The molecule has 4 aromatic rings. The lowest BCUT2D eigenvalue weighted by atomic mass is 9.96. The Morgan fingerprint density at radius 2 is 1.55 bits per heavy atom. The molecule has 3 atom stereocenters. The van der Waals surface area contributed by atoms with Gasteiger partial charge in [-0.15, -0.1) is 11.3 Å². The number of carbonyl (C=O) groups is 5. The summed E-state index contributed by atoms with van der Waals surface area (Å²) in [5, 5.41) is 0.628. The van der Waals surface area contributed by atoms with Gasteiger partial charge in [-0.3, -0.25) is 28.9 Å². The maximum Gasteiger partial charge on any atom is 0.267 e. The highest BCUT2D eigenvalue weighted by Gasteiger charge is 2.46. The summed E-state index contributed by atoms with van der Waals surface area (Å²) < 4.78 is 28.3. The Labute approximate surface area is 305 Å². The number of likely N-dealkylation sites (tertiary alicyclic amines) is 1. The van der Waals surface area contributed by atoms with E-state index in [-0.39, 0.29) is 27.7 Å². The van der Waals surface area contributed by atoms with Crippen LogP contribution in [-0.4, -0.2) is 77.3 Å². The number of thiazole rings is 1. The minimum atomic E-state index is -4.23. The van der Waals surface area contributed by atoms with E-state index in [0.29, 0.717) is 39.8 Å². The molecule has 0 spiro atoms. The van der Waals surface area contributed by atoms with Crippen molar-refractivity contribution in [3.05, 3.63) is 94.0 Å². The zero-order valence-electron chi connectivity index (χ0n) is 28.4. The van der Waals surface area contributed by atoms with Crippen molar-refractivity contribution in [2.24, 2.45) is 17.6 Å². The highest BCUT2D eigenvalue weighted by molar-refractivity contribution is 7.90. The van der Waals surface area contributed by atoms with Crippen molar-refractivity contribution < 1.29 is 32.4 Å². The summed E-state index contributed by atoms with van der Waals surface area (Å²) in [5.74, 6) is -4.54. The normalized spacial score (nSPS) is 16.3. The molecule has 0 radical (unpaired) electrons. The second-order valence-corrected chi connectivity index (χ2v) is 16.1. The summed E-state index contributed by atoms with van der Waals surface area (Å²) in [6.45, 7) is 7.50. The molecule has 1 aliphatic heterocycles. The van der Waals surface area contributed by atoms with E-state index in [0.717, 1.165) is 4.70 Å². The lowest BCUT2D eigenvalue weighted by molar-refractivity contribution is -0.145. The molecule has 3 aromatic carbocycles. The maximum atomic E-state index is 14.4. The van der Waals surface area contributed by atoms with Crippen LogP contribution in [0.2, 0.25) is 5.02 Å². The van der Waals surface area contributed by atoms with Crippen molar-refractivity contribution in [3.8, 4) is 0 Å². The lowest BCUT2D eigenvalue weighted by Gasteiger charge is -2.35. The van der Waals surface area contributed by atoms with Crippen LogP contribution in [0.1, 0.15) is 71.1 Å². The fourth-order valence-electron chi connectivity index (χ4n) is 5.97. The smallest absolute Gasteiger partial charge is 0.267 e. The van der Waals surface area contributed by atoms with Gasteiger partial charge in [0.15, 0.2) is 5.01 Å². The first-order chi connectivity index (χ1) is 24.1. The van der Waals surface area contributed by atoms with E-state index in [1.165, 1.54) is 59.9 Å². The molecule has 268 valence electrons. The molecule has 2 heterocycles. The highest BCUT2D eigenvalue weighted by Crippen LogP contribution is 2.31. The molecule has 1 saturated heterocycles. The number of fused-ring (bicyclic) bond motifs is 1. The zero-order valence-corrected chi connectivity index (χ0v) is 30.8. The minimum absolute atomic E-state index is 0.0951. The van der Waals surface area contributed by atoms with Crippen LogP contribution in [0.25, 0.3) is 10.2 Å². The number of nitrogens with zero attached hydrogens (tertiary/aromatic N) is 3. The maximum absolute atomic E-state index is 14.4. The molecular weight excluding hydrogens is 714 g/mol. The van der Waals surface area contributed by atoms with E-state index in [9.17, 15) is 32.4 Å². The summed E-state index contributed by atoms with van der Waals surface area (Å²) in [6.07, 6.45) is 0.840. The molecule has 51 heavy (non-hydrogen) atoms. The Kier molecular flexibility index (Phi) is 11.5. The minimum Gasteiger partial charge on any atom is -0.320 e. The van der Waals surface area contributed by atoms with Gasteiger partial charge in [0.2, 0.25) is 5.78 Å². The topological polar surface area (TPSA) is 177 Å². The molecule has 0 saturated carbocycles. The van der Waals surface area contributed by atoms with Crippen molar-refractivity contribution in [1.29, 1.82) is 0 Å². The molecule has 5 rings (SSSR count). The molecule has 1 aliphatic rings. The van der Waals surface area contributed by atoms with E-state index in [2.05, 4.69) is 4.98 Å². The number of imide groups is 3. The molecular formula is C36H38ClN5O7S2. The molecule has 15 heteroatoms. The van der Waals surface area contributed by atoms with Crippen molar-refractivity contribution in [2.45, 2.75) is 63.6 Å². The van der Waals surface area contributed by atoms with Gasteiger partial charge in [-0.25, -0.2) is 23.0 Å². The second-order valence-electron chi connectivity index (χ2n) is 13.0. The Balaban J connectivity index is 1.41. The highest BCUT2D eigenvalue weighted by atomic mass is 35.5. The molecule has 0 bridgehead atoms. The van der Waals surface area contributed by atoms with E-state index in [4.69, 9.17) is 17.3 Å². The first-order valence-electron chi connectivity index (χ1n) is 16.4. The predicted octanol–water partition coefficient (Wildman–Crippen LogP) is 4.92. The molecule has 0 aliphatic carbocycles. The van der Waals surface area contributed by atoms with E-state index in [1.807, 2.05) is 42.8 Å². The zero-order chi connectivity index (χ0) is 37.2. The Morgan fingerprint density at radius 1 is 0.922 bits per heavy atom. The van der Waals surface area contributed by atoms with E-state index >= 15 is 0 Å². The SMILES string of the molecule is CC(C)C(C(=O)c1nc2ccccc2s1)N1CCC[C@H]1C(=O)N(C(=O)c1ccc(C(=O)NS(=O)(=O)c2ccc(Cl)cc2)cc1)C(=O)[C@@H](N)C(C)C. The number of para-hydroxylation sites is 1. The number of carbonyl (C=O) groups excluding carboxylic acids is 5. The lowest BCUT2D eigenvalue weighted by Crippen LogP contribution is -2.58. The monoisotopic (exact) mass is 751 g/mol. The molecule has 1 unspecified atom stereocenters. The van der Waals surface area contributed by atoms with Crippen LogP contribution >= 0.6 is 22.9 Å². The fourth-order valence-corrected chi connectivity index (χ4v) is 8.01. The van der Waals surface area contributed by atoms with Crippen LogP contribution in [0.3, 0.4) is 0 Å². The molecule has 1 fully saturated rings. The van der Waals surface area contributed by atoms with Crippen molar-refractivity contribution in [2.75, 3.05) is 6.54 Å². The number of ketones is 1. The first-order valence-corrected chi connectivity index (χ1v) is 19.0. The quantitative estimate of drug-likeness (QED) is 0.158. The number of nitrogens with two attached hydrogens (primary N) is 1. The van der Waals surface area contributed by atoms with Gasteiger partial charge >= 0.3 is 0 Å². The van der Waals surface area contributed by atoms with Crippen LogP contribution < -0.4 is 10.5 Å². The first kappa shape index (κ1) is 37.9. The number of sulfonamides is 1. The molecule has 1 aromatic heterocycles. The second kappa shape index (κ2) is 15.5. The Morgan fingerprint density at radius 3 is 2.16 bits per heavy atom. The Hall–Kier alpha value is -4.34. The largest absolute Gasteiger partial charge is 0.320 e. The average Bonchev–Trinajstić information content (AvgIpc) is 3.75. The van der Waals surface area contributed by atoms with Crippen molar-refractivity contribution >= 4 is 72.6 Å². The van der Waals surface area contributed by atoms with Crippen LogP contribution in [0.4, 0.5) is 0 Å². The van der Waals surface area contributed by atoms with Crippen molar-refractivity contribution in [1.82, 2.24) is 19.5 Å². The van der Waals surface area contributed by atoms with Crippen LogP contribution in [0.15, 0.2) is 77.7 Å². The third kappa shape index (κ3) is 8.10. The predicted molar refractivity (Wildman–Crippen MR) is 194 cm³/mol. The third-order valence-corrected chi connectivity index (χ3v) is 11.4. The molecule has 12 nitrogen and oxygen atoms in total. The van der Waals surface area contributed by atoms with Crippen LogP contribution in [0.5, 0.6) is 0 Å². The summed E-state index contributed by atoms with van der Waals surface area (Å²) in [7, 11) is -4.23. The summed E-state index contributed by atoms with van der Waals surface area (Å²) >= 11 is 7.11. The van der Waals surface area contributed by atoms with Gasteiger partial charge in [0.05, 0.1) is 33.2 Å². The number of hydrogen-bond donors (Lipinski definition) is 2. The van der Waals surface area contributed by atoms with Gasteiger partial charge in [0, 0.05) is 16.1 Å². The van der Waals surface area contributed by atoms with E-state index in [1.54, 1.807) is 18.7 Å². The van der Waals surface area contributed by atoms with Gasteiger partial charge in [-0.05, 0) is 91.9 Å². The third-order valence-electron chi connectivity index (χ3n) is 8.73. The number of amides is 4. The number of halogens is 1. The van der Waals surface area contributed by atoms with Gasteiger partial charge in [-0.2, -0.15) is 0 Å². The van der Waals surface area contributed by atoms with Crippen molar-refractivity contribution in [3.63, 3.8) is 0 Å². The van der Waals surface area contributed by atoms with E-state index < -0.39 is 57.7 Å². The standard InChI is InChI=1S/C36H38ClN5O7S2/c1-20(2)29(38)36(47)42(34(45)23-13-11-22(12-14-23)32(44)40-51(48,49)25-17-15-24(37)16-18-25)35(46)27-9-7-19-41(27)30(21(3)4)31(43)33-39-26-8-5-6-10-28(26)50-33/h5-6,8,10-18,20-21,27,29-30H,7,9,19,38H2,1-4H3,(H,40,44)/t27-,29-,30?/m0/s1. The Bertz CT molecular complexity index is 2050. The van der Waals surface area contributed by atoms with Gasteiger partial charge in [0.25, 0.3) is 33.7 Å². The average molecular weight is 752 g/mol. The number of benzene rings is 3. The molecule has 4 amide bonds. The number of Topliss-reactive ketones (excluding diaryl/α,β-unsaturated/α-hetero) is 1. The summed E-state index contributed by atoms with van der Waals surface area (Å²) in [5.41, 5.74) is 6.70. The number of nitrogens with one attached hydrogen (secondary N) is 1. The van der Waals surface area contributed by atoms with Gasteiger partial charge in [0.1, 0.15) is 0 Å². The summed E-state index contributed by atoms with van der Waals surface area (Å²) in [4.78, 5) is 75.7. The fraction of sp³-hybridized carbons (Fsp3) is 0.333. The van der Waals surface area contributed by atoms with Gasteiger partial charge in [-0.1, -0.05) is 51.4 Å². The summed E-state index contributed by atoms with van der Waals surface area (Å²) in [6, 6.07) is 14.6. The van der Waals surface area contributed by atoms with Crippen LogP contribution in [-0.2, 0) is 19.6 Å². The number of rotatable bonds is 11. The van der Waals surface area contributed by atoms with Gasteiger partial charge < -0.3 is 5.73 Å². The molecule has 3 N–H and O–H groups in total. The van der Waals surface area contributed by atoms with Crippen LogP contribution in [0, 0.1) is 11.8 Å².